The Hall–Kier alpha value is -1.53. The van der Waals surface area contributed by atoms with Crippen molar-refractivity contribution in [2.45, 2.75) is 46.3 Å². The third-order valence-corrected chi connectivity index (χ3v) is 2.94. The maximum Gasteiger partial charge on any atom is 0.121 e. The molecule has 18 heavy (non-hydrogen) atoms. The number of nitrogens with two attached hydrogens (primary N) is 1. The van der Waals surface area contributed by atoms with Gasteiger partial charge in [-0.15, -0.1) is 0 Å². The smallest absolute Gasteiger partial charge is 0.121 e. The van der Waals surface area contributed by atoms with Crippen LogP contribution in [-0.2, 0) is 0 Å². The number of hydrogen-bond donors (Lipinski definition) is 1. The highest BCUT2D eigenvalue weighted by atomic mass is 16.5. The van der Waals surface area contributed by atoms with Crippen molar-refractivity contribution in [3.63, 3.8) is 0 Å². The van der Waals surface area contributed by atoms with Crippen LogP contribution in [0.25, 0.3) is 0 Å². The summed E-state index contributed by atoms with van der Waals surface area (Å²) in [5, 5.41) is 8.88. The molecule has 2 atom stereocenters. The minimum Gasteiger partial charge on any atom is -0.488 e. The van der Waals surface area contributed by atoms with Crippen LogP contribution in [0, 0.1) is 16.7 Å². The van der Waals surface area contributed by atoms with Crippen LogP contribution in [-0.4, -0.2) is 12.1 Å². The van der Waals surface area contributed by atoms with Gasteiger partial charge in [-0.2, -0.15) is 5.26 Å². The molecule has 0 aliphatic carbocycles. The Morgan fingerprint density at radius 3 is 2.56 bits per heavy atom. The van der Waals surface area contributed by atoms with Gasteiger partial charge in [-0.05, 0) is 24.6 Å². The van der Waals surface area contributed by atoms with Gasteiger partial charge in [0.1, 0.15) is 11.9 Å². The Kier molecular flexibility index (Phi) is 4.75. The highest BCUT2D eigenvalue weighted by Gasteiger charge is 2.31. The molecular formula is C15H22N2O. The van der Waals surface area contributed by atoms with Gasteiger partial charge >= 0.3 is 0 Å². The summed E-state index contributed by atoms with van der Waals surface area (Å²) in [7, 11) is 0. The zero-order valence-corrected chi connectivity index (χ0v) is 11.6. The summed E-state index contributed by atoms with van der Waals surface area (Å²) < 4.78 is 6.00. The molecule has 3 heteroatoms. The van der Waals surface area contributed by atoms with E-state index in [9.17, 15) is 0 Å². The summed E-state index contributed by atoms with van der Waals surface area (Å²) in [6.07, 6.45) is 0.788. The predicted octanol–water partition coefficient (Wildman–Crippen LogP) is 3.09. The van der Waals surface area contributed by atoms with Gasteiger partial charge in [0, 0.05) is 11.5 Å². The number of nitrogens with zero attached hydrogens (tertiary/aromatic N) is 1. The monoisotopic (exact) mass is 246 g/mol. The first-order valence-corrected chi connectivity index (χ1v) is 6.31. The lowest BCUT2D eigenvalue weighted by Gasteiger charge is -2.35. The quantitative estimate of drug-likeness (QED) is 0.888. The SMILES string of the molecule is CCC(N)C(Oc1cccc(C#N)c1)C(C)(C)C. The van der Waals surface area contributed by atoms with E-state index in [-0.39, 0.29) is 17.6 Å². The fraction of sp³-hybridized carbons (Fsp3) is 0.533. The van der Waals surface area contributed by atoms with Gasteiger partial charge in [-0.25, -0.2) is 0 Å². The maximum absolute atomic E-state index is 8.88. The standard InChI is InChI=1S/C15H22N2O/c1-5-13(17)14(15(2,3)4)18-12-8-6-7-11(9-12)10-16/h6-9,13-14H,5,17H2,1-4H3. The van der Waals surface area contributed by atoms with E-state index in [0.717, 1.165) is 6.42 Å². The summed E-state index contributed by atoms with van der Waals surface area (Å²) in [6, 6.07) is 9.29. The summed E-state index contributed by atoms with van der Waals surface area (Å²) in [6.45, 7) is 8.39. The van der Waals surface area contributed by atoms with Gasteiger partial charge in [0.15, 0.2) is 0 Å². The van der Waals surface area contributed by atoms with Gasteiger partial charge in [0.2, 0.25) is 0 Å². The van der Waals surface area contributed by atoms with Crippen molar-refractivity contribution in [3.05, 3.63) is 29.8 Å². The van der Waals surface area contributed by atoms with Crippen LogP contribution >= 0.6 is 0 Å². The summed E-state index contributed by atoms with van der Waals surface area (Å²) in [5.74, 6) is 0.706. The van der Waals surface area contributed by atoms with E-state index in [1.54, 1.807) is 12.1 Å². The Bertz CT molecular complexity index is 429. The fourth-order valence-electron chi connectivity index (χ4n) is 1.91. The lowest BCUT2D eigenvalue weighted by Crippen LogP contribution is -2.47. The third-order valence-electron chi connectivity index (χ3n) is 2.94. The molecule has 0 bridgehead atoms. The van der Waals surface area contributed by atoms with Gasteiger partial charge in [-0.1, -0.05) is 33.8 Å². The molecule has 2 unspecified atom stereocenters. The molecule has 98 valence electrons. The van der Waals surface area contributed by atoms with Crippen molar-refractivity contribution in [2.24, 2.45) is 11.1 Å². The topological polar surface area (TPSA) is 59.0 Å². The van der Waals surface area contributed by atoms with Crippen LogP contribution in [0.2, 0.25) is 0 Å². The molecule has 0 spiro atoms. The molecule has 3 nitrogen and oxygen atoms in total. The molecule has 0 aliphatic rings. The van der Waals surface area contributed by atoms with Crippen molar-refractivity contribution in [1.82, 2.24) is 0 Å². The zero-order valence-electron chi connectivity index (χ0n) is 11.6. The van der Waals surface area contributed by atoms with Crippen molar-refractivity contribution < 1.29 is 4.74 Å². The number of benzene rings is 1. The average Bonchev–Trinajstić information content (AvgIpc) is 2.34. The summed E-state index contributed by atoms with van der Waals surface area (Å²) >= 11 is 0. The molecule has 1 rings (SSSR count). The second kappa shape index (κ2) is 5.88. The minimum atomic E-state index is -0.0727. The number of ether oxygens (including phenoxy) is 1. The molecule has 1 aromatic carbocycles. The van der Waals surface area contributed by atoms with Crippen molar-refractivity contribution in [3.8, 4) is 11.8 Å². The van der Waals surface area contributed by atoms with Crippen LogP contribution in [0.4, 0.5) is 0 Å². The Labute approximate surface area is 110 Å². The van der Waals surface area contributed by atoms with Crippen LogP contribution in [0.5, 0.6) is 5.75 Å². The van der Waals surface area contributed by atoms with Gasteiger partial charge < -0.3 is 10.5 Å². The Morgan fingerprint density at radius 1 is 1.39 bits per heavy atom. The molecular weight excluding hydrogens is 224 g/mol. The van der Waals surface area contributed by atoms with E-state index in [1.807, 2.05) is 12.1 Å². The number of rotatable bonds is 4. The van der Waals surface area contributed by atoms with E-state index in [0.29, 0.717) is 11.3 Å². The van der Waals surface area contributed by atoms with Crippen molar-refractivity contribution in [2.75, 3.05) is 0 Å². The van der Waals surface area contributed by atoms with E-state index < -0.39 is 0 Å². The lowest BCUT2D eigenvalue weighted by molar-refractivity contribution is 0.0621. The zero-order chi connectivity index (χ0) is 13.8. The van der Waals surface area contributed by atoms with E-state index >= 15 is 0 Å². The van der Waals surface area contributed by atoms with Gasteiger partial charge in [-0.3, -0.25) is 0 Å². The van der Waals surface area contributed by atoms with Gasteiger partial charge in [0.05, 0.1) is 11.6 Å². The van der Waals surface area contributed by atoms with Crippen molar-refractivity contribution >= 4 is 0 Å². The molecule has 1 aromatic rings. The molecule has 0 heterocycles. The number of nitriles is 1. The summed E-state index contributed by atoms with van der Waals surface area (Å²) in [4.78, 5) is 0. The lowest BCUT2D eigenvalue weighted by atomic mass is 9.84. The van der Waals surface area contributed by atoms with E-state index in [4.69, 9.17) is 15.7 Å². The molecule has 0 aromatic heterocycles. The van der Waals surface area contributed by atoms with Crippen molar-refractivity contribution in [1.29, 1.82) is 5.26 Å². The maximum atomic E-state index is 8.88. The molecule has 0 saturated heterocycles. The van der Waals surface area contributed by atoms with Crippen LogP contribution in [0.15, 0.2) is 24.3 Å². The van der Waals surface area contributed by atoms with E-state index in [1.165, 1.54) is 0 Å². The molecule has 2 N–H and O–H groups in total. The Morgan fingerprint density at radius 2 is 2.06 bits per heavy atom. The van der Waals surface area contributed by atoms with E-state index in [2.05, 4.69) is 33.8 Å². The molecule has 0 aliphatic heterocycles. The average molecular weight is 246 g/mol. The second-order valence-electron chi connectivity index (χ2n) is 5.62. The molecule has 0 amide bonds. The number of hydrogen-bond acceptors (Lipinski definition) is 3. The normalized spacial score (nSPS) is 14.7. The largest absolute Gasteiger partial charge is 0.488 e. The summed E-state index contributed by atoms with van der Waals surface area (Å²) in [5.41, 5.74) is 6.69. The first-order valence-electron chi connectivity index (χ1n) is 6.31. The fourth-order valence-corrected chi connectivity index (χ4v) is 1.91. The first kappa shape index (κ1) is 14.5. The first-order chi connectivity index (χ1) is 8.38. The van der Waals surface area contributed by atoms with Crippen LogP contribution < -0.4 is 10.5 Å². The predicted molar refractivity (Wildman–Crippen MR) is 73.3 cm³/mol. The van der Waals surface area contributed by atoms with Crippen LogP contribution in [0.3, 0.4) is 0 Å². The highest BCUT2D eigenvalue weighted by Crippen LogP contribution is 2.27. The second-order valence-corrected chi connectivity index (χ2v) is 5.62. The van der Waals surface area contributed by atoms with Crippen LogP contribution in [0.1, 0.15) is 39.7 Å². The Balaban J connectivity index is 2.93. The molecule has 0 radical (unpaired) electrons. The third kappa shape index (κ3) is 3.75. The van der Waals surface area contributed by atoms with Gasteiger partial charge in [0.25, 0.3) is 0 Å². The molecule has 0 fully saturated rings. The molecule has 0 saturated carbocycles. The minimum absolute atomic E-state index is 0.0178. The highest BCUT2D eigenvalue weighted by molar-refractivity contribution is 5.36.